The van der Waals surface area contributed by atoms with Gasteiger partial charge in [-0.1, -0.05) is 11.6 Å². The first-order chi connectivity index (χ1) is 11.5. The van der Waals surface area contributed by atoms with Crippen LogP contribution in [0.25, 0.3) is 0 Å². The molecule has 2 amide bonds. The van der Waals surface area contributed by atoms with Crippen LogP contribution in [0, 0.1) is 5.92 Å². The molecule has 130 valence electrons. The summed E-state index contributed by atoms with van der Waals surface area (Å²) in [5.74, 6) is 0.0126. The van der Waals surface area contributed by atoms with Crippen molar-refractivity contribution in [3.05, 3.63) is 34.9 Å². The van der Waals surface area contributed by atoms with E-state index < -0.39 is 0 Å². The molecule has 2 N–H and O–H groups in total. The summed E-state index contributed by atoms with van der Waals surface area (Å²) in [5.41, 5.74) is 6.61. The van der Waals surface area contributed by atoms with Crippen LogP contribution in [-0.4, -0.2) is 53.8 Å². The van der Waals surface area contributed by atoms with Gasteiger partial charge in [0.15, 0.2) is 0 Å². The highest BCUT2D eigenvalue weighted by Crippen LogP contribution is 2.23. The Morgan fingerprint density at radius 3 is 2.38 bits per heavy atom. The number of carbonyl (C=O) groups is 2. The van der Waals surface area contributed by atoms with Gasteiger partial charge in [0.2, 0.25) is 5.91 Å². The largest absolute Gasteiger partial charge is 0.341 e. The Balaban J connectivity index is 1.64. The molecule has 2 fully saturated rings. The minimum atomic E-state index is -0.111. The van der Waals surface area contributed by atoms with E-state index in [-0.39, 0.29) is 23.8 Å². The first-order valence-electron chi connectivity index (χ1n) is 8.64. The van der Waals surface area contributed by atoms with Crippen LogP contribution in [0.5, 0.6) is 0 Å². The quantitative estimate of drug-likeness (QED) is 0.889. The molecule has 0 aromatic heterocycles. The van der Waals surface area contributed by atoms with Gasteiger partial charge in [-0.2, -0.15) is 0 Å². The number of halogens is 1. The lowest BCUT2D eigenvalue weighted by Gasteiger charge is -2.37. The van der Waals surface area contributed by atoms with E-state index in [4.69, 9.17) is 17.3 Å². The first-order valence-corrected chi connectivity index (χ1v) is 9.01. The number of rotatable bonds is 2. The van der Waals surface area contributed by atoms with Crippen molar-refractivity contribution in [1.29, 1.82) is 0 Å². The molecular formula is C18H24ClN3O2. The zero-order valence-corrected chi connectivity index (χ0v) is 14.5. The van der Waals surface area contributed by atoms with Gasteiger partial charge in [0.05, 0.1) is 5.92 Å². The third-order valence-electron chi connectivity index (χ3n) is 4.92. The van der Waals surface area contributed by atoms with Crippen molar-refractivity contribution in [3.8, 4) is 0 Å². The Labute approximate surface area is 147 Å². The monoisotopic (exact) mass is 349 g/mol. The highest BCUT2D eigenvalue weighted by molar-refractivity contribution is 6.30. The normalized spacial score (nSPS) is 24.8. The lowest BCUT2D eigenvalue weighted by molar-refractivity contribution is -0.138. The maximum atomic E-state index is 12.8. The van der Waals surface area contributed by atoms with Gasteiger partial charge in [-0.05, 0) is 49.9 Å². The van der Waals surface area contributed by atoms with Crippen LogP contribution in [0.3, 0.4) is 0 Å². The predicted molar refractivity (Wildman–Crippen MR) is 93.9 cm³/mol. The fourth-order valence-electron chi connectivity index (χ4n) is 3.61. The van der Waals surface area contributed by atoms with Gasteiger partial charge < -0.3 is 15.5 Å². The molecule has 0 saturated carbocycles. The Morgan fingerprint density at radius 1 is 1.00 bits per heavy atom. The van der Waals surface area contributed by atoms with E-state index in [1.54, 1.807) is 29.2 Å². The second-order valence-corrected chi connectivity index (χ2v) is 7.22. The molecule has 2 aliphatic rings. The molecule has 24 heavy (non-hydrogen) atoms. The van der Waals surface area contributed by atoms with E-state index in [0.29, 0.717) is 30.2 Å². The summed E-state index contributed by atoms with van der Waals surface area (Å²) in [6, 6.07) is 6.99. The number of carbonyl (C=O) groups excluding carboxylic acids is 2. The minimum Gasteiger partial charge on any atom is -0.341 e. The smallest absolute Gasteiger partial charge is 0.253 e. The second kappa shape index (κ2) is 7.53. The van der Waals surface area contributed by atoms with Crippen LogP contribution in [0.1, 0.15) is 36.0 Å². The average molecular weight is 350 g/mol. The molecule has 2 saturated heterocycles. The molecule has 3 rings (SSSR count). The van der Waals surface area contributed by atoms with Crippen LogP contribution >= 0.6 is 11.6 Å². The molecule has 5 nitrogen and oxygen atoms in total. The fraction of sp³-hybridized carbons (Fsp3) is 0.556. The lowest BCUT2D eigenvalue weighted by atomic mass is 9.94. The molecule has 0 bridgehead atoms. The van der Waals surface area contributed by atoms with Crippen LogP contribution in [0.15, 0.2) is 24.3 Å². The first kappa shape index (κ1) is 17.2. The number of likely N-dealkylation sites (tertiary alicyclic amines) is 2. The number of benzene rings is 1. The predicted octanol–water partition coefficient (Wildman–Crippen LogP) is 2.14. The Kier molecular flexibility index (Phi) is 5.41. The van der Waals surface area contributed by atoms with Crippen molar-refractivity contribution < 1.29 is 9.59 Å². The molecule has 0 aliphatic carbocycles. The van der Waals surface area contributed by atoms with Crippen molar-refractivity contribution in [2.45, 2.75) is 31.7 Å². The molecule has 2 aliphatic heterocycles. The van der Waals surface area contributed by atoms with Crippen LogP contribution in [0.2, 0.25) is 5.02 Å². The topological polar surface area (TPSA) is 66.6 Å². The summed E-state index contributed by atoms with van der Waals surface area (Å²) in [5, 5.41) is 0.611. The van der Waals surface area contributed by atoms with Gasteiger partial charge in [-0.3, -0.25) is 9.59 Å². The average Bonchev–Trinajstić information content (AvgIpc) is 2.61. The minimum absolute atomic E-state index is 0.0282. The SMILES string of the molecule is NC1CCCN(C(=O)C2CCCN(C(=O)c3ccc(Cl)cc3)C2)C1. The Bertz CT molecular complexity index is 605. The molecular weight excluding hydrogens is 326 g/mol. The summed E-state index contributed by atoms with van der Waals surface area (Å²) < 4.78 is 0. The summed E-state index contributed by atoms with van der Waals surface area (Å²) in [6.07, 6.45) is 3.65. The molecule has 2 atom stereocenters. The van der Waals surface area contributed by atoms with Crippen LogP contribution in [-0.2, 0) is 4.79 Å². The van der Waals surface area contributed by atoms with E-state index >= 15 is 0 Å². The van der Waals surface area contributed by atoms with Crippen LogP contribution in [0.4, 0.5) is 0 Å². The summed E-state index contributed by atoms with van der Waals surface area (Å²) in [7, 11) is 0. The maximum absolute atomic E-state index is 12.8. The highest BCUT2D eigenvalue weighted by atomic mass is 35.5. The van der Waals surface area contributed by atoms with Gasteiger partial charge in [-0.25, -0.2) is 0 Å². The number of hydrogen-bond acceptors (Lipinski definition) is 3. The third-order valence-corrected chi connectivity index (χ3v) is 5.17. The molecule has 1 aromatic rings. The van der Waals surface area contributed by atoms with E-state index in [0.717, 1.165) is 32.2 Å². The van der Waals surface area contributed by atoms with Crippen molar-refractivity contribution in [1.82, 2.24) is 9.80 Å². The van der Waals surface area contributed by atoms with E-state index in [1.165, 1.54) is 0 Å². The summed E-state index contributed by atoms with van der Waals surface area (Å²) in [4.78, 5) is 29.1. The molecule has 0 radical (unpaired) electrons. The molecule has 1 aromatic carbocycles. The van der Waals surface area contributed by atoms with Crippen molar-refractivity contribution in [3.63, 3.8) is 0 Å². The number of nitrogens with zero attached hydrogens (tertiary/aromatic N) is 2. The zero-order valence-electron chi connectivity index (χ0n) is 13.8. The van der Waals surface area contributed by atoms with E-state index in [1.807, 2.05) is 4.90 Å². The molecule has 2 heterocycles. The number of nitrogens with two attached hydrogens (primary N) is 1. The van der Waals surface area contributed by atoms with Crippen molar-refractivity contribution >= 4 is 23.4 Å². The molecule has 2 unspecified atom stereocenters. The van der Waals surface area contributed by atoms with Gasteiger partial charge in [-0.15, -0.1) is 0 Å². The van der Waals surface area contributed by atoms with Gasteiger partial charge >= 0.3 is 0 Å². The third kappa shape index (κ3) is 3.90. The molecule has 0 spiro atoms. The van der Waals surface area contributed by atoms with E-state index in [9.17, 15) is 9.59 Å². The molecule has 6 heteroatoms. The number of hydrogen-bond donors (Lipinski definition) is 1. The Morgan fingerprint density at radius 2 is 1.67 bits per heavy atom. The number of piperidine rings is 2. The lowest BCUT2D eigenvalue weighted by Crippen LogP contribution is -2.51. The van der Waals surface area contributed by atoms with Crippen molar-refractivity contribution in [2.75, 3.05) is 26.2 Å². The van der Waals surface area contributed by atoms with Crippen LogP contribution < -0.4 is 5.73 Å². The van der Waals surface area contributed by atoms with Gasteiger partial charge in [0.1, 0.15) is 0 Å². The second-order valence-electron chi connectivity index (χ2n) is 6.78. The zero-order chi connectivity index (χ0) is 17.1. The standard InChI is InChI=1S/C18H24ClN3O2/c19-15-7-5-13(6-8-15)17(23)21-9-1-3-14(11-21)18(24)22-10-2-4-16(20)12-22/h5-8,14,16H,1-4,9-12,20H2. The van der Waals surface area contributed by atoms with Crippen molar-refractivity contribution in [2.24, 2.45) is 11.7 Å². The highest BCUT2D eigenvalue weighted by Gasteiger charge is 2.33. The van der Waals surface area contributed by atoms with Gasteiger partial charge in [0.25, 0.3) is 5.91 Å². The summed E-state index contributed by atoms with van der Waals surface area (Å²) >= 11 is 5.88. The fourth-order valence-corrected chi connectivity index (χ4v) is 3.73. The number of amides is 2. The Hall–Kier alpha value is -1.59. The van der Waals surface area contributed by atoms with Gasteiger partial charge in [0, 0.05) is 42.8 Å². The summed E-state index contributed by atoms with van der Waals surface area (Å²) in [6.45, 7) is 2.62. The van der Waals surface area contributed by atoms with E-state index in [2.05, 4.69) is 0 Å². The maximum Gasteiger partial charge on any atom is 0.253 e.